The van der Waals surface area contributed by atoms with E-state index in [-0.39, 0.29) is 0 Å². The lowest BCUT2D eigenvalue weighted by molar-refractivity contribution is 1.13. The second-order valence-corrected chi connectivity index (χ2v) is 10.9. The van der Waals surface area contributed by atoms with Gasteiger partial charge in [0.05, 0.1) is 32.5 Å². The van der Waals surface area contributed by atoms with Gasteiger partial charge in [-0.05, 0) is 59.3 Å². The first-order chi connectivity index (χ1) is 15.8. The van der Waals surface area contributed by atoms with Crippen LogP contribution >= 0.6 is 45.3 Å². The molecule has 0 atom stereocenters. The summed E-state index contributed by atoms with van der Waals surface area (Å²) in [6.45, 7) is 0. The Labute approximate surface area is 200 Å². The quantitative estimate of drug-likeness (QED) is 0.249. The molecule has 6 aromatic heterocycles. The molecule has 6 aromatic rings. The Bertz CT molecular complexity index is 1370. The SMILES string of the molecule is c1csc(-c2ccc(-c3cc(-c4cc(-c5ccc(-c6cccs6)s5)ncn4)ncn3)s2)c1. The highest BCUT2D eigenvalue weighted by molar-refractivity contribution is 7.23. The van der Waals surface area contributed by atoms with Crippen molar-refractivity contribution < 1.29 is 0 Å². The zero-order valence-electron chi connectivity index (χ0n) is 16.5. The van der Waals surface area contributed by atoms with Crippen molar-refractivity contribution in [1.29, 1.82) is 0 Å². The summed E-state index contributed by atoms with van der Waals surface area (Å²) < 4.78 is 0. The third-order valence-electron chi connectivity index (χ3n) is 4.84. The molecule has 6 rings (SSSR count). The Hall–Kier alpha value is -3.04. The summed E-state index contributed by atoms with van der Waals surface area (Å²) >= 11 is 6.97. The maximum Gasteiger partial charge on any atom is 0.116 e. The summed E-state index contributed by atoms with van der Waals surface area (Å²) in [4.78, 5) is 25.2. The molecule has 0 saturated heterocycles. The molecule has 8 heteroatoms. The predicted molar refractivity (Wildman–Crippen MR) is 136 cm³/mol. The van der Waals surface area contributed by atoms with Crippen molar-refractivity contribution in [3.63, 3.8) is 0 Å². The summed E-state index contributed by atoms with van der Waals surface area (Å²) in [7, 11) is 0. The number of aromatic nitrogens is 4. The maximum absolute atomic E-state index is 4.50. The highest BCUT2D eigenvalue weighted by Crippen LogP contribution is 2.38. The maximum atomic E-state index is 4.50. The van der Waals surface area contributed by atoms with E-state index in [0.29, 0.717) is 0 Å². The average Bonchev–Trinajstić information content (AvgIpc) is 3.66. The van der Waals surface area contributed by atoms with Crippen LogP contribution in [0.1, 0.15) is 0 Å². The van der Waals surface area contributed by atoms with Gasteiger partial charge in [0.25, 0.3) is 0 Å². The fraction of sp³-hybridized carbons (Fsp3) is 0. The van der Waals surface area contributed by atoms with Crippen LogP contribution in [0.3, 0.4) is 0 Å². The van der Waals surface area contributed by atoms with Crippen molar-refractivity contribution >= 4 is 45.3 Å². The minimum Gasteiger partial charge on any atom is -0.235 e. The molecule has 0 unspecified atom stereocenters. The molecule has 0 radical (unpaired) electrons. The molecule has 154 valence electrons. The lowest BCUT2D eigenvalue weighted by Gasteiger charge is -2.04. The van der Waals surface area contributed by atoms with Gasteiger partial charge in [-0.25, -0.2) is 19.9 Å². The highest BCUT2D eigenvalue weighted by atomic mass is 32.1. The van der Waals surface area contributed by atoms with Crippen molar-refractivity contribution in [3.8, 4) is 52.0 Å². The zero-order chi connectivity index (χ0) is 21.3. The van der Waals surface area contributed by atoms with Crippen molar-refractivity contribution in [2.75, 3.05) is 0 Å². The highest BCUT2D eigenvalue weighted by Gasteiger charge is 2.12. The van der Waals surface area contributed by atoms with Gasteiger partial charge in [-0.15, -0.1) is 45.3 Å². The molecule has 0 aliphatic rings. The number of thiophene rings is 4. The van der Waals surface area contributed by atoms with Crippen LogP contribution in [0.4, 0.5) is 0 Å². The Morgan fingerprint density at radius 3 is 1.31 bits per heavy atom. The van der Waals surface area contributed by atoms with Crippen LogP contribution in [0, 0.1) is 0 Å². The first kappa shape index (κ1) is 19.6. The van der Waals surface area contributed by atoms with Crippen LogP contribution in [-0.2, 0) is 0 Å². The minimum absolute atomic E-state index is 0.791. The predicted octanol–water partition coefficient (Wildman–Crippen LogP) is 7.85. The first-order valence-electron chi connectivity index (χ1n) is 9.76. The molecular weight excluding hydrogens is 473 g/mol. The van der Waals surface area contributed by atoms with Crippen molar-refractivity contribution in [2.45, 2.75) is 0 Å². The molecule has 0 N–H and O–H groups in total. The summed E-state index contributed by atoms with van der Waals surface area (Å²) in [6.07, 6.45) is 3.22. The topological polar surface area (TPSA) is 51.6 Å². The van der Waals surface area contributed by atoms with E-state index >= 15 is 0 Å². The Morgan fingerprint density at radius 1 is 0.438 bits per heavy atom. The van der Waals surface area contributed by atoms with E-state index in [2.05, 4.69) is 79.2 Å². The molecule has 4 nitrogen and oxygen atoms in total. The Balaban J connectivity index is 1.32. The van der Waals surface area contributed by atoms with Crippen LogP contribution < -0.4 is 0 Å². The summed E-state index contributed by atoms with van der Waals surface area (Å²) in [5, 5.41) is 4.20. The molecular formula is C24H14N4S4. The number of nitrogens with zero attached hydrogens (tertiary/aromatic N) is 4. The van der Waals surface area contributed by atoms with E-state index in [9.17, 15) is 0 Å². The molecule has 0 aromatic carbocycles. The summed E-state index contributed by atoms with van der Waals surface area (Å²) in [5.74, 6) is 0. The van der Waals surface area contributed by atoms with Crippen LogP contribution in [0.2, 0.25) is 0 Å². The van der Waals surface area contributed by atoms with E-state index < -0.39 is 0 Å². The second-order valence-electron chi connectivity index (χ2n) is 6.86. The van der Waals surface area contributed by atoms with E-state index in [4.69, 9.17) is 0 Å². The number of rotatable bonds is 5. The third-order valence-corrected chi connectivity index (χ3v) is 9.19. The lowest BCUT2D eigenvalue weighted by atomic mass is 10.2. The largest absolute Gasteiger partial charge is 0.235 e. The van der Waals surface area contributed by atoms with Crippen LogP contribution in [0.5, 0.6) is 0 Å². The molecule has 0 aliphatic carbocycles. The lowest BCUT2D eigenvalue weighted by Crippen LogP contribution is -1.92. The van der Waals surface area contributed by atoms with E-state index in [0.717, 1.165) is 32.5 Å². The minimum atomic E-state index is 0.791. The van der Waals surface area contributed by atoms with Gasteiger partial charge in [0.1, 0.15) is 12.7 Å². The zero-order valence-corrected chi connectivity index (χ0v) is 19.8. The summed E-state index contributed by atoms with van der Waals surface area (Å²) in [6, 6.07) is 21.0. The van der Waals surface area contributed by atoms with Gasteiger partial charge in [-0.2, -0.15) is 0 Å². The van der Waals surface area contributed by atoms with Crippen LogP contribution in [0.25, 0.3) is 52.0 Å². The first-order valence-corrected chi connectivity index (χ1v) is 13.2. The van der Waals surface area contributed by atoms with E-state index in [1.54, 1.807) is 58.0 Å². The van der Waals surface area contributed by atoms with E-state index in [1.807, 2.05) is 12.1 Å². The molecule has 0 amide bonds. The van der Waals surface area contributed by atoms with Gasteiger partial charge in [-0.3, -0.25) is 0 Å². The second kappa shape index (κ2) is 8.48. The molecule has 0 saturated carbocycles. The fourth-order valence-corrected chi connectivity index (χ4v) is 6.93. The Morgan fingerprint density at radius 2 is 0.875 bits per heavy atom. The van der Waals surface area contributed by atoms with Gasteiger partial charge < -0.3 is 0 Å². The fourth-order valence-electron chi connectivity index (χ4n) is 3.32. The molecule has 32 heavy (non-hydrogen) atoms. The van der Waals surface area contributed by atoms with Gasteiger partial charge in [0, 0.05) is 19.5 Å². The van der Waals surface area contributed by atoms with Crippen molar-refractivity contribution in [3.05, 3.63) is 84.1 Å². The molecule has 0 fully saturated rings. The standard InChI is InChI=1S/C24H14N4S4/c1-3-21(29-9-1)23-7-5-19(31-23)17-11-15(25-13-27-17)16-12-18(28-14-26-16)20-6-8-24(32-20)22-4-2-10-30-22/h1-14H. The van der Waals surface area contributed by atoms with E-state index in [1.165, 1.54) is 19.5 Å². The van der Waals surface area contributed by atoms with Crippen molar-refractivity contribution in [1.82, 2.24) is 19.9 Å². The Kier molecular flexibility index (Phi) is 5.20. The smallest absolute Gasteiger partial charge is 0.116 e. The van der Waals surface area contributed by atoms with Gasteiger partial charge in [0.2, 0.25) is 0 Å². The number of hydrogen-bond donors (Lipinski definition) is 0. The summed E-state index contributed by atoms with van der Waals surface area (Å²) in [5.41, 5.74) is 3.39. The average molecular weight is 487 g/mol. The normalized spacial score (nSPS) is 11.1. The van der Waals surface area contributed by atoms with Gasteiger partial charge in [0.15, 0.2) is 0 Å². The monoisotopic (exact) mass is 486 g/mol. The molecule has 0 bridgehead atoms. The van der Waals surface area contributed by atoms with Crippen LogP contribution in [-0.4, -0.2) is 19.9 Å². The van der Waals surface area contributed by atoms with Crippen LogP contribution in [0.15, 0.2) is 84.1 Å². The molecule has 6 heterocycles. The third kappa shape index (κ3) is 3.82. The number of hydrogen-bond acceptors (Lipinski definition) is 8. The molecule has 0 aliphatic heterocycles. The molecule has 0 spiro atoms. The van der Waals surface area contributed by atoms with Gasteiger partial charge in [-0.1, -0.05) is 12.1 Å². The van der Waals surface area contributed by atoms with Crippen molar-refractivity contribution in [2.24, 2.45) is 0 Å². The van der Waals surface area contributed by atoms with Gasteiger partial charge >= 0.3 is 0 Å².